The molecule has 19 heavy (non-hydrogen) atoms. The van der Waals surface area contributed by atoms with Gasteiger partial charge in [-0.2, -0.15) is 0 Å². The third-order valence-electron chi connectivity index (χ3n) is 5.07. The van der Waals surface area contributed by atoms with Gasteiger partial charge >= 0.3 is 5.97 Å². The van der Waals surface area contributed by atoms with E-state index in [0.29, 0.717) is 13.0 Å². The highest BCUT2D eigenvalue weighted by molar-refractivity contribution is 5.71. The fourth-order valence-corrected chi connectivity index (χ4v) is 3.97. The summed E-state index contributed by atoms with van der Waals surface area (Å²) in [5.41, 5.74) is 0.118. The Morgan fingerprint density at radius 1 is 1.26 bits per heavy atom. The smallest absolute Gasteiger partial charge is 0.307 e. The largest absolute Gasteiger partial charge is 0.466 e. The molecule has 3 heteroatoms. The lowest BCUT2D eigenvalue weighted by atomic mass is 9.87. The van der Waals surface area contributed by atoms with Crippen LogP contribution in [0.2, 0.25) is 0 Å². The first-order valence-corrected chi connectivity index (χ1v) is 8.11. The van der Waals surface area contributed by atoms with E-state index < -0.39 is 0 Å². The van der Waals surface area contributed by atoms with Gasteiger partial charge in [-0.25, -0.2) is 0 Å². The van der Waals surface area contributed by atoms with Gasteiger partial charge in [0, 0.05) is 5.54 Å². The number of rotatable bonds is 5. The summed E-state index contributed by atoms with van der Waals surface area (Å²) in [6, 6.07) is 0. The molecule has 0 bridgehead atoms. The molecule has 2 fully saturated rings. The molecule has 2 unspecified atom stereocenters. The van der Waals surface area contributed by atoms with Crippen LogP contribution in [0, 0.1) is 5.92 Å². The van der Waals surface area contributed by atoms with Crippen LogP contribution in [0.4, 0.5) is 0 Å². The standard InChI is InChI=1S/C16H29NO2/c1-3-14-8-9-16(12-14,13-15(18)19-4-2)17-10-6-5-7-11-17/h14H,3-13H2,1-2H3. The van der Waals surface area contributed by atoms with E-state index in [4.69, 9.17) is 4.74 Å². The molecule has 0 amide bonds. The van der Waals surface area contributed by atoms with Gasteiger partial charge in [-0.1, -0.05) is 19.8 Å². The van der Waals surface area contributed by atoms with Crippen LogP contribution in [0.15, 0.2) is 0 Å². The minimum absolute atomic E-state index is 0.00447. The number of carbonyl (C=O) groups is 1. The van der Waals surface area contributed by atoms with Crippen molar-refractivity contribution >= 4 is 5.97 Å². The number of carbonyl (C=O) groups excluding carboxylic acids is 1. The molecule has 0 spiro atoms. The van der Waals surface area contributed by atoms with Gasteiger partial charge in [0.15, 0.2) is 0 Å². The molecule has 1 aliphatic carbocycles. The molecule has 1 saturated heterocycles. The summed E-state index contributed by atoms with van der Waals surface area (Å²) in [5.74, 6) is 0.807. The highest BCUT2D eigenvalue weighted by atomic mass is 16.5. The first-order valence-electron chi connectivity index (χ1n) is 8.11. The molecular weight excluding hydrogens is 238 g/mol. The van der Waals surface area contributed by atoms with Crippen LogP contribution >= 0.6 is 0 Å². The lowest BCUT2D eigenvalue weighted by Crippen LogP contribution is -2.50. The van der Waals surface area contributed by atoms with E-state index in [1.807, 2.05) is 6.92 Å². The molecule has 3 nitrogen and oxygen atoms in total. The number of nitrogens with zero attached hydrogens (tertiary/aromatic N) is 1. The van der Waals surface area contributed by atoms with E-state index in [9.17, 15) is 4.79 Å². The third-order valence-corrected chi connectivity index (χ3v) is 5.07. The van der Waals surface area contributed by atoms with Gasteiger partial charge in [-0.15, -0.1) is 0 Å². The van der Waals surface area contributed by atoms with Crippen molar-refractivity contribution in [3.63, 3.8) is 0 Å². The summed E-state index contributed by atoms with van der Waals surface area (Å²) in [7, 11) is 0. The predicted octanol–water partition coefficient (Wildman–Crippen LogP) is 3.37. The maximum Gasteiger partial charge on any atom is 0.307 e. The maximum atomic E-state index is 12.0. The maximum absolute atomic E-state index is 12.0. The van der Waals surface area contributed by atoms with Gasteiger partial charge < -0.3 is 4.74 Å². The van der Waals surface area contributed by atoms with Crippen molar-refractivity contribution in [3.05, 3.63) is 0 Å². The number of likely N-dealkylation sites (tertiary alicyclic amines) is 1. The Kier molecular flexibility index (Phi) is 5.26. The van der Waals surface area contributed by atoms with E-state index in [2.05, 4.69) is 11.8 Å². The topological polar surface area (TPSA) is 29.5 Å². The Labute approximate surface area is 117 Å². The zero-order valence-corrected chi connectivity index (χ0v) is 12.6. The molecule has 0 aromatic heterocycles. The number of ether oxygens (including phenoxy) is 1. The Morgan fingerprint density at radius 2 is 2.00 bits per heavy atom. The molecule has 0 N–H and O–H groups in total. The van der Waals surface area contributed by atoms with Crippen molar-refractivity contribution in [2.75, 3.05) is 19.7 Å². The summed E-state index contributed by atoms with van der Waals surface area (Å²) in [4.78, 5) is 14.6. The molecule has 2 aliphatic rings. The Hall–Kier alpha value is -0.570. The fraction of sp³-hybridized carbons (Fsp3) is 0.938. The van der Waals surface area contributed by atoms with Crippen LogP contribution in [-0.2, 0) is 9.53 Å². The van der Waals surface area contributed by atoms with Crippen LogP contribution < -0.4 is 0 Å². The monoisotopic (exact) mass is 267 g/mol. The molecule has 0 aromatic rings. The van der Waals surface area contributed by atoms with Crippen molar-refractivity contribution in [2.45, 2.75) is 70.8 Å². The predicted molar refractivity (Wildman–Crippen MR) is 77.0 cm³/mol. The third kappa shape index (κ3) is 3.50. The van der Waals surface area contributed by atoms with E-state index in [1.54, 1.807) is 0 Å². The van der Waals surface area contributed by atoms with Gasteiger partial charge in [0.25, 0.3) is 0 Å². The van der Waals surface area contributed by atoms with Crippen LogP contribution in [0.1, 0.15) is 65.2 Å². The second-order valence-electron chi connectivity index (χ2n) is 6.27. The quantitative estimate of drug-likeness (QED) is 0.715. The number of esters is 1. The molecule has 2 atom stereocenters. The zero-order valence-electron chi connectivity index (χ0n) is 12.6. The first kappa shape index (κ1) is 14.8. The summed E-state index contributed by atoms with van der Waals surface area (Å²) in [5, 5.41) is 0. The lowest BCUT2D eigenvalue weighted by molar-refractivity contribution is -0.147. The number of hydrogen-bond acceptors (Lipinski definition) is 3. The zero-order chi connectivity index (χ0) is 13.7. The van der Waals surface area contributed by atoms with Crippen LogP contribution in [0.3, 0.4) is 0 Å². The van der Waals surface area contributed by atoms with Crippen LogP contribution in [0.5, 0.6) is 0 Å². The van der Waals surface area contributed by atoms with E-state index >= 15 is 0 Å². The van der Waals surface area contributed by atoms with Crippen LogP contribution in [0.25, 0.3) is 0 Å². The molecule has 0 aromatic carbocycles. The average molecular weight is 267 g/mol. The summed E-state index contributed by atoms with van der Waals surface area (Å²) >= 11 is 0. The Bertz CT molecular complexity index is 299. The molecule has 1 saturated carbocycles. The minimum Gasteiger partial charge on any atom is -0.466 e. The van der Waals surface area contributed by atoms with Gasteiger partial charge in [0.1, 0.15) is 0 Å². The van der Waals surface area contributed by atoms with E-state index in [1.165, 1.54) is 58.0 Å². The fourth-order valence-electron chi connectivity index (χ4n) is 3.97. The normalized spacial score (nSPS) is 32.4. The molecule has 2 rings (SSSR count). The van der Waals surface area contributed by atoms with Gasteiger partial charge in [-0.05, 0) is 58.0 Å². The van der Waals surface area contributed by atoms with Crippen molar-refractivity contribution < 1.29 is 9.53 Å². The molecule has 0 radical (unpaired) electrons. The average Bonchev–Trinajstić information content (AvgIpc) is 2.84. The number of piperidine rings is 1. The van der Waals surface area contributed by atoms with Crippen molar-refractivity contribution in [3.8, 4) is 0 Å². The Morgan fingerprint density at radius 3 is 2.58 bits per heavy atom. The highest BCUT2D eigenvalue weighted by Crippen LogP contribution is 2.44. The summed E-state index contributed by atoms with van der Waals surface area (Å²) < 4.78 is 5.22. The molecule has 1 aliphatic heterocycles. The SMILES string of the molecule is CCOC(=O)CC1(N2CCCCC2)CCC(CC)C1. The number of hydrogen-bond donors (Lipinski definition) is 0. The van der Waals surface area contributed by atoms with Gasteiger partial charge in [0.05, 0.1) is 13.0 Å². The molecule has 1 heterocycles. The van der Waals surface area contributed by atoms with Crippen molar-refractivity contribution in [1.82, 2.24) is 4.90 Å². The van der Waals surface area contributed by atoms with Gasteiger partial charge in [0.2, 0.25) is 0 Å². The van der Waals surface area contributed by atoms with E-state index in [0.717, 1.165) is 5.92 Å². The van der Waals surface area contributed by atoms with Crippen molar-refractivity contribution in [1.29, 1.82) is 0 Å². The highest BCUT2D eigenvalue weighted by Gasteiger charge is 2.45. The second kappa shape index (κ2) is 6.74. The molecule has 110 valence electrons. The van der Waals surface area contributed by atoms with Crippen molar-refractivity contribution in [2.24, 2.45) is 5.92 Å². The summed E-state index contributed by atoms with van der Waals surface area (Å²) in [6.45, 7) is 7.04. The lowest BCUT2D eigenvalue weighted by Gasteiger charge is -2.43. The first-order chi connectivity index (χ1) is 9.20. The summed E-state index contributed by atoms with van der Waals surface area (Å²) in [6.07, 6.45) is 9.46. The van der Waals surface area contributed by atoms with Crippen LogP contribution in [-0.4, -0.2) is 36.1 Å². The molecular formula is C16H29NO2. The second-order valence-corrected chi connectivity index (χ2v) is 6.27. The van der Waals surface area contributed by atoms with Gasteiger partial charge in [-0.3, -0.25) is 9.69 Å². The van der Waals surface area contributed by atoms with E-state index in [-0.39, 0.29) is 11.5 Å². The Balaban J connectivity index is 2.06. The minimum atomic E-state index is 0.00447.